The number of amides is 1. The summed E-state index contributed by atoms with van der Waals surface area (Å²) < 4.78 is 6.38. The molecule has 2 bridgehead atoms. The molecule has 3 heterocycles. The van der Waals surface area contributed by atoms with Gasteiger partial charge in [0.15, 0.2) is 0 Å². The van der Waals surface area contributed by atoms with Gasteiger partial charge in [0.2, 0.25) is 5.28 Å². The van der Waals surface area contributed by atoms with Gasteiger partial charge in [-0.1, -0.05) is 11.6 Å². The predicted octanol–water partition coefficient (Wildman–Crippen LogP) is 5.29. The fourth-order valence-corrected chi connectivity index (χ4v) is 4.72. The monoisotopic (exact) mass is 486 g/mol. The van der Waals surface area contributed by atoms with Crippen LogP contribution in [0.25, 0.3) is 10.9 Å². The van der Waals surface area contributed by atoms with Crippen LogP contribution in [0.2, 0.25) is 10.3 Å². The zero-order valence-corrected chi connectivity index (χ0v) is 19.0. The van der Waals surface area contributed by atoms with Crippen LogP contribution in [0.15, 0.2) is 16.6 Å². The van der Waals surface area contributed by atoms with Crippen molar-refractivity contribution in [2.24, 2.45) is 0 Å². The number of hydrogen-bond acceptors (Lipinski definition) is 5. The number of benzene rings is 1. The van der Waals surface area contributed by atoms with E-state index in [9.17, 15) is 4.79 Å². The third-order valence-corrected chi connectivity index (χ3v) is 6.54. The van der Waals surface area contributed by atoms with Crippen LogP contribution in [0.1, 0.15) is 33.6 Å². The van der Waals surface area contributed by atoms with Gasteiger partial charge in [0.05, 0.1) is 22.6 Å². The highest BCUT2D eigenvalue weighted by molar-refractivity contribution is 9.10. The molecule has 0 aliphatic carbocycles. The largest absolute Gasteiger partial charge is 0.444 e. The van der Waals surface area contributed by atoms with Crippen molar-refractivity contribution in [2.75, 3.05) is 18.0 Å². The number of fused-ring (bicyclic) bond motifs is 3. The quantitative estimate of drug-likeness (QED) is 0.511. The summed E-state index contributed by atoms with van der Waals surface area (Å²) in [5.41, 5.74) is 0.113. The van der Waals surface area contributed by atoms with Gasteiger partial charge in [0.1, 0.15) is 11.4 Å². The number of hydrogen-bond donors (Lipinski definition) is 0. The van der Waals surface area contributed by atoms with Crippen LogP contribution < -0.4 is 4.90 Å². The second kappa shape index (κ2) is 7.18. The highest BCUT2D eigenvalue weighted by Gasteiger charge is 2.45. The third kappa shape index (κ3) is 3.64. The van der Waals surface area contributed by atoms with Crippen LogP contribution >= 0.6 is 39.1 Å². The van der Waals surface area contributed by atoms with E-state index in [1.165, 1.54) is 0 Å². The lowest BCUT2D eigenvalue weighted by atomic mass is 10.1. The van der Waals surface area contributed by atoms with Crippen LogP contribution in [-0.4, -0.2) is 51.7 Å². The zero-order valence-electron chi connectivity index (χ0n) is 15.9. The summed E-state index contributed by atoms with van der Waals surface area (Å²) >= 11 is 16.1. The lowest BCUT2D eigenvalue weighted by molar-refractivity contribution is 0.0123. The minimum Gasteiger partial charge on any atom is -0.444 e. The number of anilines is 1. The van der Waals surface area contributed by atoms with Crippen LogP contribution in [-0.2, 0) is 4.74 Å². The molecule has 2 fully saturated rings. The second-order valence-corrected chi connectivity index (χ2v) is 9.82. The lowest BCUT2D eigenvalue weighted by Crippen LogP contribution is -2.57. The van der Waals surface area contributed by atoms with Crippen LogP contribution in [0, 0.1) is 0 Å². The zero-order chi connectivity index (χ0) is 20.2. The number of carbonyl (C=O) groups is 1. The first kappa shape index (κ1) is 20.0. The topological polar surface area (TPSA) is 58.6 Å². The smallest absolute Gasteiger partial charge is 0.410 e. The molecule has 0 radical (unpaired) electrons. The average Bonchev–Trinajstić information content (AvgIpc) is 2.87. The molecule has 2 aliphatic rings. The molecule has 2 aliphatic heterocycles. The Hall–Kier alpha value is -1.31. The number of rotatable bonds is 1. The standard InChI is InChI=1S/C19H21BrCl2N4O2/c1-19(2,3)28-18(27)26-10-4-5-11(26)9-25(8-10)16-12-6-7-13(20)14(21)15(12)23-17(22)24-16/h6-7,10-11H,4-5,8-9H2,1-3H3. The summed E-state index contributed by atoms with van der Waals surface area (Å²) in [4.78, 5) is 25.6. The molecular weight excluding hydrogens is 467 g/mol. The highest BCUT2D eigenvalue weighted by Crippen LogP contribution is 2.38. The van der Waals surface area contributed by atoms with Crippen molar-refractivity contribution in [1.82, 2.24) is 14.9 Å². The fraction of sp³-hybridized carbons (Fsp3) is 0.526. The van der Waals surface area contributed by atoms with Crippen molar-refractivity contribution in [3.8, 4) is 0 Å². The molecule has 2 unspecified atom stereocenters. The SMILES string of the molecule is CC(C)(C)OC(=O)N1C2CCC1CN(c1nc(Cl)nc3c(Cl)c(Br)ccc13)C2. The van der Waals surface area contributed by atoms with E-state index in [1.807, 2.05) is 37.8 Å². The Bertz CT molecular complexity index is 936. The van der Waals surface area contributed by atoms with E-state index in [2.05, 4.69) is 30.8 Å². The molecule has 0 N–H and O–H groups in total. The van der Waals surface area contributed by atoms with Crippen LogP contribution in [0.3, 0.4) is 0 Å². The molecule has 6 nitrogen and oxygen atoms in total. The van der Waals surface area contributed by atoms with E-state index in [-0.39, 0.29) is 23.5 Å². The summed E-state index contributed by atoms with van der Waals surface area (Å²) in [5, 5.41) is 1.52. The number of ether oxygens (including phenoxy) is 1. The summed E-state index contributed by atoms with van der Waals surface area (Å²) in [5.74, 6) is 0.755. The Morgan fingerprint density at radius 1 is 1.18 bits per heavy atom. The maximum Gasteiger partial charge on any atom is 0.410 e. The van der Waals surface area contributed by atoms with Crippen molar-refractivity contribution in [3.05, 3.63) is 26.9 Å². The van der Waals surface area contributed by atoms with Gasteiger partial charge >= 0.3 is 6.09 Å². The second-order valence-electron chi connectivity index (χ2n) is 8.25. The minimum absolute atomic E-state index is 0.0864. The summed E-state index contributed by atoms with van der Waals surface area (Å²) in [6.07, 6.45) is 1.66. The van der Waals surface area contributed by atoms with Crippen molar-refractivity contribution < 1.29 is 9.53 Å². The van der Waals surface area contributed by atoms with Crippen molar-refractivity contribution in [1.29, 1.82) is 0 Å². The van der Waals surface area contributed by atoms with Crippen molar-refractivity contribution >= 4 is 61.9 Å². The average molecular weight is 488 g/mol. The Balaban J connectivity index is 1.65. The Morgan fingerprint density at radius 2 is 1.82 bits per heavy atom. The van der Waals surface area contributed by atoms with E-state index in [4.69, 9.17) is 27.9 Å². The highest BCUT2D eigenvalue weighted by atomic mass is 79.9. The van der Waals surface area contributed by atoms with E-state index < -0.39 is 5.60 Å². The molecule has 2 atom stereocenters. The summed E-state index contributed by atoms with van der Waals surface area (Å²) in [6.45, 7) is 7.01. The number of nitrogens with zero attached hydrogens (tertiary/aromatic N) is 4. The molecule has 2 saturated heterocycles. The normalized spacial score (nSPS) is 22.1. The Labute approximate surface area is 182 Å². The van der Waals surface area contributed by atoms with E-state index in [1.54, 1.807) is 0 Å². The molecule has 0 spiro atoms. The maximum atomic E-state index is 12.7. The molecule has 9 heteroatoms. The molecule has 2 aromatic rings. The molecule has 1 amide bonds. The summed E-state index contributed by atoms with van der Waals surface area (Å²) in [6, 6.07) is 4.00. The van der Waals surface area contributed by atoms with E-state index in [0.717, 1.165) is 28.5 Å². The Kier molecular flexibility index (Phi) is 5.13. The minimum atomic E-state index is -0.506. The Morgan fingerprint density at radius 3 is 2.43 bits per heavy atom. The molecule has 4 rings (SSSR count). The predicted molar refractivity (Wildman–Crippen MR) is 114 cm³/mol. The molecule has 1 aromatic heterocycles. The number of carbonyl (C=O) groups excluding carboxylic acids is 1. The number of piperazine rings is 1. The van der Waals surface area contributed by atoms with Gasteiger partial charge in [-0.3, -0.25) is 4.90 Å². The van der Waals surface area contributed by atoms with Gasteiger partial charge in [-0.25, -0.2) is 9.78 Å². The first-order valence-electron chi connectivity index (χ1n) is 9.21. The van der Waals surface area contributed by atoms with Gasteiger partial charge in [0.25, 0.3) is 0 Å². The van der Waals surface area contributed by atoms with Gasteiger partial charge in [-0.05, 0) is 73.3 Å². The van der Waals surface area contributed by atoms with Crippen LogP contribution in [0.5, 0.6) is 0 Å². The van der Waals surface area contributed by atoms with Crippen molar-refractivity contribution in [2.45, 2.75) is 51.3 Å². The van der Waals surface area contributed by atoms with Gasteiger partial charge in [0, 0.05) is 22.9 Å². The van der Waals surface area contributed by atoms with Gasteiger partial charge < -0.3 is 9.64 Å². The molecule has 28 heavy (non-hydrogen) atoms. The number of halogens is 3. The first-order chi connectivity index (χ1) is 13.1. The number of aromatic nitrogens is 2. The fourth-order valence-electron chi connectivity index (χ4n) is 4.02. The van der Waals surface area contributed by atoms with E-state index in [0.29, 0.717) is 23.6 Å². The summed E-state index contributed by atoms with van der Waals surface area (Å²) in [7, 11) is 0. The van der Waals surface area contributed by atoms with Gasteiger partial charge in [-0.15, -0.1) is 0 Å². The van der Waals surface area contributed by atoms with Gasteiger partial charge in [-0.2, -0.15) is 4.98 Å². The molecular formula is C19H21BrCl2N4O2. The molecule has 0 saturated carbocycles. The van der Waals surface area contributed by atoms with E-state index >= 15 is 0 Å². The first-order valence-corrected chi connectivity index (χ1v) is 10.8. The molecule has 150 valence electrons. The van der Waals surface area contributed by atoms with Crippen LogP contribution in [0.4, 0.5) is 10.6 Å². The lowest BCUT2D eigenvalue weighted by Gasteiger charge is -2.42. The van der Waals surface area contributed by atoms with Crippen molar-refractivity contribution in [3.63, 3.8) is 0 Å². The molecule has 1 aromatic carbocycles. The maximum absolute atomic E-state index is 12.7. The third-order valence-electron chi connectivity index (χ3n) is 5.10.